The van der Waals surface area contributed by atoms with E-state index in [0.717, 1.165) is 23.9 Å². The van der Waals surface area contributed by atoms with Gasteiger partial charge in [-0.25, -0.2) is 0 Å². The van der Waals surface area contributed by atoms with Gasteiger partial charge in [0.15, 0.2) is 0 Å². The third kappa shape index (κ3) is 3.17. The molecule has 0 atom stereocenters. The summed E-state index contributed by atoms with van der Waals surface area (Å²) in [5, 5.41) is 11.2. The lowest BCUT2D eigenvalue weighted by atomic mass is 10.1. The molecule has 0 radical (unpaired) electrons. The van der Waals surface area contributed by atoms with Crippen molar-refractivity contribution in [3.8, 4) is 5.75 Å². The average molecular weight is 250 g/mol. The molecule has 3 nitrogen and oxygen atoms in total. The molecule has 4 heteroatoms. The molecule has 2 rings (SSSR count). The van der Waals surface area contributed by atoms with Crippen LogP contribution in [0.1, 0.15) is 19.4 Å². The molecule has 2 aromatic rings. The quantitative estimate of drug-likeness (QED) is 0.564. The molecule has 0 saturated carbocycles. The highest BCUT2D eigenvalue weighted by molar-refractivity contribution is 7.97. The van der Waals surface area contributed by atoms with Gasteiger partial charge in [0, 0.05) is 28.9 Å². The summed E-state index contributed by atoms with van der Waals surface area (Å²) < 4.78 is 3.34. The first-order chi connectivity index (χ1) is 8.16. The molecule has 0 unspecified atom stereocenters. The minimum absolute atomic E-state index is 0.322. The van der Waals surface area contributed by atoms with Crippen LogP contribution in [-0.4, -0.2) is 21.9 Å². The number of H-pyrrole nitrogens is 1. The summed E-state index contributed by atoms with van der Waals surface area (Å²) in [5.41, 5.74) is 2.32. The topological polar surface area (TPSA) is 48.0 Å². The van der Waals surface area contributed by atoms with Crippen LogP contribution in [0, 0.1) is 0 Å². The molecule has 17 heavy (non-hydrogen) atoms. The lowest BCUT2D eigenvalue weighted by Crippen LogP contribution is -2.11. The smallest absolute Gasteiger partial charge is 0.116 e. The second-order valence-corrected chi connectivity index (χ2v) is 5.82. The molecule has 0 aliphatic rings. The summed E-state index contributed by atoms with van der Waals surface area (Å²) >= 11 is 1.75. The first-order valence-corrected chi connectivity index (χ1v) is 6.72. The number of benzene rings is 1. The van der Waals surface area contributed by atoms with Crippen LogP contribution in [0.3, 0.4) is 0 Å². The van der Waals surface area contributed by atoms with E-state index in [9.17, 15) is 5.11 Å². The fourth-order valence-corrected chi connectivity index (χ4v) is 2.34. The Kier molecular flexibility index (Phi) is 3.97. The van der Waals surface area contributed by atoms with Crippen molar-refractivity contribution in [3.63, 3.8) is 0 Å². The molecule has 0 spiro atoms. The van der Waals surface area contributed by atoms with Gasteiger partial charge >= 0.3 is 0 Å². The Balaban J connectivity index is 2.01. The predicted molar refractivity (Wildman–Crippen MR) is 74.4 cm³/mol. The van der Waals surface area contributed by atoms with E-state index in [4.69, 9.17) is 0 Å². The Bertz CT molecular complexity index is 493. The van der Waals surface area contributed by atoms with Crippen molar-refractivity contribution in [1.29, 1.82) is 0 Å². The van der Waals surface area contributed by atoms with Gasteiger partial charge in [0.25, 0.3) is 0 Å². The van der Waals surface area contributed by atoms with E-state index in [2.05, 4.69) is 23.6 Å². The zero-order valence-electron chi connectivity index (χ0n) is 10.2. The SMILES string of the molecule is CC(C)SNCCc1c[nH]c2ccc(O)cc12. The maximum absolute atomic E-state index is 9.48. The van der Waals surface area contributed by atoms with Crippen molar-refractivity contribution in [1.82, 2.24) is 9.71 Å². The zero-order valence-corrected chi connectivity index (χ0v) is 11.0. The first kappa shape index (κ1) is 12.3. The van der Waals surface area contributed by atoms with Crippen LogP contribution in [0.2, 0.25) is 0 Å². The molecule has 1 aromatic heterocycles. The summed E-state index contributed by atoms with van der Waals surface area (Å²) in [6.07, 6.45) is 2.98. The van der Waals surface area contributed by atoms with Crippen molar-refractivity contribution >= 4 is 22.9 Å². The van der Waals surface area contributed by atoms with Gasteiger partial charge in [0.2, 0.25) is 0 Å². The van der Waals surface area contributed by atoms with Crippen LogP contribution >= 0.6 is 11.9 Å². The van der Waals surface area contributed by atoms with E-state index in [1.165, 1.54) is 5.56 Å². The fraction of sp³-hybridized carbons (Fsp3) is 0.385. The molecule has 0 bridgehead atoms. The Labute approximate surface area is 106 Å². The van der Waals surface area contributed by atoms with Crippen LogP contribution in [0.15, 0.2) is 24.4 Å². The molecule has 0 fully saturated rings. The predicted octanol–water partition coefficient (Wildman–Crippen LogP) is 3.06. The number of aromatic amines is 1. The first-order valence-electron chi connectivity index (χ1n) is 5.84. The average Bonchev–Trinajstić information content (AvgIpc) is 2.67. The van der Waals surface area contributed by atoms with Gasteiger partial charge < -0.3 is 10.1 Å². The third-order valence-corrected chi connectivity index (χ3v) is 3.41. The van der Waals surface area contributed by atoms with Gasteiger partial charge in [-0.2, -0.15) is 0 Å². The van der Waals surface area contributed by atoms with Crippen molar-refractivity contribution < 1.29 is 5.11 Å². The Morgan fingerprint density at radius 3 is 3.00 bits per heavy atom. The highest BCUT2D eigenvalue weighted by Crippen LogP contribution is 2.23. The minimum Gasteiger partial charge on any atom is -0.508 e. The molecule has 92 valence electrons. The molecule has 1 heterocycles. The zero-order chi connectivity index (χ0) is 12.3. The summed E-state index contributed by atoms with van der Waals surface area (Å²) in [6.45, 7) is 5.27. The van der Waals surface area contributed by atoms with E-state index in [1.807, 2.05) is 18.3 Å². The van der Waals surface area contributed by atoms with Crippen molar-refractivity contribution in [2.45, 2.75) is 25.5 Å². The van der Waals surface area contributed by atoms with Crippen LogP contribution in [0.5, 0.6) is 5.75 Å². The Morgan fingerprint density at radius 1 is 1.41 bits per heavy atom. The maximum atomic E-state index is 9.48. The second kappa shape index (κ2) is 5.47. The number of hydrogen-bond acceptors (Lipinski definition) is 3. The molecule has 1 aromatic carbocycles. The molecule has 0 amide bonds. The summed E-state index contributed by atoms with van der Waals surface area (Å²) in [5.74, 6) is 0.322. The number of fused-ring (bicyclic) bond motifs is 1. The van der Waals surface area contributed by atoms with E-state index in [0.29, 0.717) is 11.0 Å². The van der Waals surface area contributed by atoms with E-state index < -0.39 is 0 Å². The lowest BCUT2D eigenvalue weighted by molar-refractivity contribution is 0.476. The normalized spacial score (nSPS) is 11.5. The van der Waals surface area contributed by atoms with Crippen LogP contribution in [0.25, 0.3) is 10.9 Å². The number of rotatable bonds is 5. The van der Waals surface area contributed by atoms with Crippen molar-refractivity contribution in [2.24, 2.45) is 0 Å². The van der Waals surface area contributed by atoms with Gasteiger partial charge in [0.05, 0.1) is 0 Å². The van der Waals surface area contributed by atoms with Crippen LogP contribution in [-0.2, 0) is 6.42 Å². The highest BCUT2D eigenvalue weighted by atomic mass is 32.2. The summed E-state index contributed by atoms with van der Waals surface area (Å²) in [7, 11) is 0. The minimum atomic E-state index is 0.322. The number of phenols is 1. The number of aromatic nitrogens is 1. The monoisotopic (exact) mass is 250 g/mol. The highest BCUT2D eigenvalue weighted by Gasteiger charge is 2.04. The molecule has 0 aliphatic carbocycles. The third-order valence-electron chi connectivity index (χ3n) is 2.57. The Morgan fingerprint density at radius 2 is 2.24 bits per heavy atom. The number of phenolic OH excluding ortho intramolecular Hbond substituents is 1. The summed E-state index contributed by atoms with van der Waals surface area (Å²) in [4.78, 5) is 3.22. The number of hydrogen-bond donors (Lipinski definition) is 3. The van der Waals surface area contributed by atoms with E-state index in [1.54, 1.807) is 18.0 Å². The van der Waals surface area contributed by atoms with E-state index >= 15 is 0 Å². The van der Waals surface area contributed by atoms with Crippen LogP contribution in [0.4, 0.5) is 0 Å². The van der Waals surface area contributed by atoms with Gasteiger partial charge in [-0.15, -0.1) is 0 Å². The molecule has 0 saturated heterocycles. The van der Waals surface area contributed by atoms with Crippen molar-refractivity contribution in [3.05, 3.63) is 30.0 Å². The fourth-order valence-electron chi connectivity index (χ4n) is 1.78. The van der Waals surface area contributed by atoms with Gasteiger partial charge in [-0.1, -0.05) is 25.8 Å². The number of aromatic hydroxyl groups is 1. The molecular weight excluding hydrogens is 232 g/mol. The number of nitrogens with one attached hydrogen (secondary N) is 2. The molecule has 3 N–H and O–H groups in total. The van der Waals surface area contributed by atoms with E-state index in [-0.39, 0.29) is 0 Å². The standard InChI is InChI=1S/C13H18N2OS/c1-9(2)17-15-6-5-10-8-14-13-4-3-11(16)7-12(10)13/h3-4,7-9,14-16H,5-6H2,1-2H3. The maximum Gasteiger partial charge on any atom is 0.116 e. The second-order valence-electron chi connectivity index (χ2n) is 4.35. The van der Waals surface area contributed by atoms with Crippen LogP contribution < -0.4 is 4.72 Å². The van der Waals surface area contributed by atoms with Gasteiger partial charge in [-0.3, -0.25) is 4.72 Å². The van der Waals surface area contributed by atoms with Gasteiger partial charge in [0.1, 0.15) is 5.75 Å². The van der Waals surface area contributed by atoms with Crippen molar-refractivity contribution in [2.75, 3.05) is 6.54 Å². The summed E-state index contributed by atoms with van der Waals surface area (Å²) in [6, 6.07) is 5.43. The largest absolute Gasteiger partial charge is 0.508 e. The molecule has 0 aliphatic heterocycles. The Hall–Kier alpha value is -1.13. The van der Waals surface area contributed by atoms with Gasteiger partial charge in [-0.05, 0) is 30.2 Å². The lowest BCUT2D eigenvalue weighted by Gasteiger charge is -2.05. The molecular formula is C13H18N2OS.